The summed E-state index contributed by atoms with van der Waals surface area (Å²) in [6, 6.07) is 28.3. The number of halogens is 2. The average molecular weight is 608 g/mol. The minimum atomic E-state index is -0.817. The molecule has 1 N–H and O–H groups in total. The molecule has 0 aromatic heterocycles. The number of amides is 1. The Morgan fingerprint density at radius 3 is 2.36 bits per heavy atom. The van der Waals surface area contributed by atoms with E-state index in [1.807, 2.05) is 30.3 Å². The number of nitrogens with one attached hydrogen (secondary N) is 1. The Morgan fingerprint density at radius 1 is 0.949 bits per heavy atom. The number of carbonyl (C=O) groups is 2. The van der Waals surface area contributed by atoms with Gasteiger partial charge in [-0.05, 0) is 79.2 Å². The number of carbonyl (C=O) groups excluding carboxylic acids is 2. The van der Waals surface area contributed by atoms with Gasteiger partial charge in [-0.15, -0.1) is 0 Å². The highest BCUT2D eigenvalue weighted by Crippen LogP contribution is 2.23. The predicted octanol–water partition coefficient (Wildman–Crippen LogP) is 6.82. The standard InChI is InChI=1S/C30H24BrClN2O5/c1-20(38-27-14-12-26(13-15-27)37-19-21-5-3-2-4-6-21)29(35)34-33-18-23-17-24(31)9-16-28(23)39-30(36)22-7-10-25(32)11-8-22/h2-18,20H,19H2,1H3,(H,34,35)/b33-18+. The second-order valence-electron chi connectivity index (χ2n) is 8.32. The van der Waals surface area contributed by atoms with Crippen LogP contribution in [0.5, 0.6) is 17.2 Å². The smallest absolute Gasteiger partial charge is 0.343 e. The quantitative estimate of drug-likeness (QED) is 0.0926. The third kappa shape index (κ3) is 8.43. The van der Waals surface area contributed by atoms with Crippen molar-refractivity contribution in [3.05, 3.63) is 123 Å². The monoisotopic (exact) mass is 606 g/mol. The van der Waals surface area contributed by atoms with Crippen LogP contribution >= 0.6 is 27.5 Å². The van der Waals surface area contributed by atoms with Gasteiger partial charge in [-0.1, -0.05) is 57.9 Å². The lowest BCUT2D eigenvalue weighted by molar-refractivity contribution is -0.127. The van der Waals surface area contributed by atoms with Gasteiger partial charge in [0.2, 0.25) is 0 Å². The van der Waals surface area contributed by atoms with Crippen molar-refractivity contribution in [1.82, 2.24) is 5.43 Å². The minimum absolute atomic E-state index is 0.273. The third-order valence-corrected chi connectivity index (χ3v) is 6.13. The number of hydrogen-bond acceptors (Lipinski definition) is 6. The van der Waals surface area contributed by atoms with Gasteiger partial charge < -0.3 is 14.2 Å². The van der Waals surface area contributed by atoms with Crippen LogP contribution in [0.2, 0.25) is 5.02 Å². The lowest BCUT2D eigenvalue weighted by atomic mass is 10.2. The van der Waals surface area contributed by atoms with E-state index in [2.05, 4.69) is 26.5 Å². The molecule has 1 atom stereocenters. The summed E-state index contributed by atoms with van der Waals surface area (Å²) in [7, 11) is 0. The number of hydrogen-bond donors (Lipinski definition) is 1. The average Bonchev–Trinajstić information content (AvgIpc) is 2.95. The van der Waals surface area contributed by atoms with Crippen molar-refractivity contribution < 1.29 is 23.8 Å². The highest BCUT2D eigenvalue weighted by Gasteiger charge is 2.15. The number of esters is 1. The van der Waals surface area contributed by atoms with E-state index in [0.29, 0.717) is 34.3 Å². The van der Waals surface area contributed by atoms with Crippen LogP contribution in [0.1, 0.15) is 28.4 Å². The molecule has 4 aromatic rings. The van der Waals surface area contributed by atoms with E-state index in [-0.39, 0.29) is 5.75 Å². The van der Waals surface area contributed by atoms with Gasteiger partial charge >= 0.3 is 5.97 Å². The number of nitrogens with zero attached hydrogens (tertiary/aromatic N) is 1. The molecule has 0 fully saturated rings. The molecule has 1 unspecified atom stereocenters. The van der Waals surface area contributed by atoms with Crippen LogP contribution < -0.4 is 19.6 Å². The van der Waals surface area contributed by atoms with Crippen molar-refractivity contribution in [1.29, 1.82) is 0 Å². The summed E-state index contributed by atoms with van der Waals surface area (Å²) in [6.07, 6.45) is 0.571. The fourth-order valence-electron chi connectivity index (χ4n) is 3.33. The van der Waals surface area contributed by atoms with Crippen molar-refractivity contribution >= 4 is 45.6 Å². The molecule has 198 valence electrons. The Labute approximate surface area is 239 Å². The van der Waals surface area contributed by atoms with E-state index in [4.69, 9.17) is 25.8 Å². The van der Waals surface area contributed by atoms with Crippen molar-refractivity contribution in [2.24, 2.45) is 5.10 Å². The second-order valence-corrected chi connectivity index (χ2v) is 9.67. The van der Waals surface area contributed by atoms with Gasteiger partial charge in [-0.25, -0.2) is 10.2 Å². The van der Waals surface area contributed by atoms with Gasteiger partial charge in [0, 0.05) is 15.1 Å². The molecule has 0 bridgehead atoms. The molecule has 0 aliphatic heterocycles. The fourth-order valence-corrected chi connectivity index (χ4v) is 3.83. The normalized spacial score (nSPS) is 11.6. The van der Waals surface area contributed by atoms with Crippen LogP contribution in [0, 0.1) is 0 Å². The number of ether oxygens (including phenoxy) is 3. The first kappa shape index (κ1) is 27.9. The van der Waals surface area contributed by atoms with Gasteiger partial charge in [-0.3, -0.25) is 4.79 Å². The Bertz CT molecular complexity index is 1440. The summed E-state index contributed by atoms with van der Waals surface area (Å²) in [5.41, 5.74) is 4.34. The van der Waals surface area contributed by atoms with Crippen molar-refractivity contribution in [2.75, 3.05) is 0 Å². The molecular formula is C30H24BrClN2O5. The summed E-state index contributed by atoms with van der Waals surface area (Å²) >= 11 is 9.27. The van der Waals surface area contributed by atoms with Crippen LogP contribution in [-0.4, -0.2) is 24.2 Å². The maximum atomic E-state index is 12.5. The third-order valence-electron chi connectivity index (χ3n) is 5.39. The summed E-state index contributed by atoms with van der Waals surface area (Å²) in [5.74, 6) is 0.470. The predicted molar refractivity (Wildman–Crippen MR) is 154 cm³/mol. The molecular weight excluding hydrogens is 584 g/mol. The Balaban J connectivity index is 1.31. The second kappa shape index (κ2) is 13.6. The summed E-state index contributed by atoms with van der Waals surface area (Å²) in [6.45, 7) is 2.07. The van der Waals surface area contributed by atoms with E-state index in [1.165, 1.54) is 6.21 Å². The maximum Gasteiger partial charge on any atom is 0.343 e. The zero-order valence-corrected chi connectivity index (χ0v) is 23.2. The molecule has 0 aliphatic carbocycles. The van der Waals surface area contributed by atoms with E-state index >= 15 is 0 Å². The van der Waals surface area contributed by atoms with Crippen molar-refractivity contribution in [3.8, 4) is 17.2 Å². The zero-order chi connectivity index (χ0) is 27.6. The number of hydrazone groups is 1. The lowest BCUT2D eigenvalue weighted by Gasteiger charge is -2.13. The molecule has 0 radical (unpaired) electrons. The number of rotatable bonds is 10. The molecule has 39 heavy (non-hydrogen) atoms. The first-order valence-electron chi connectivity index (χ1n) is 11.9. The SMILES string of the molecule is CC(Oc1ccc(OCc2ccccc2)cc1)C(=O)N/N=C/c1cc(Br)ccc1OC(=O)c1ccc(Cl)cc1. The van der Waals surface area contributed by atoms with Gasteiger partial charge in [-0.2, -0.15) is 5.10 Å². The highest BCUT2D eigenvalue weighted by molar-refractivity contribution is 9.10. The lowest BCUT2D eigenvalue weighted by Crippen LogP contribution is -2.33. The van der Waals surface area contributed by atoms with Crippen molar-refractivity contribution in [2.45, 2.75) is 19.6 Å². The largest absolute Gasteiger partial charge is 0.489 e. The molecule has 1 amide bonds. The van der Waals surface area contributed by atoms with Gasteiger partial charge in [0.25, 0.3) is 5.91 Å². The molecule has 7 nitrogen and oxygen atoms in total. The Morgan fingerprint density at radius 2 is 1.64 bits per heavy atom. The summed E-state index contributed by atoms with van der Waals surface area (Å²) in [4.78, 5) is 25.0. The van der Waals surface area contributed by atoms with Crippen LogP contribution in [0.15, 0.2) is 107 Å². The van der Waals surface area contributed by atoms with Crippen LogP contribution in [0.25, 0.3) is 0 Å². The Hall–Kier alpha value is -4.14. The molecule has 0 aliphatic rings. The van der Waals surface area contributed by atoms with Crippen molar-refractivity contribution in [3.63, 3.8) is 0 Å². The molecule has 9 heteroatoms. The summed E-state index contributed by atoms with van der Waals surface area (Å²) < 4.78 is 17.8. The Kier molecular flexibility index (Phi) is 9.72. The molecule has 0 spiro atoms. The highest BCUT2D eigenvalue weighted by atomic mass is 79.9. The minimum Gasteiger partial charge on any atom is -0.489 e. The van der Waals surface area contributed by atoms with Gasteiger partial charge in [0.05, 0.1) is 11.8 Å². The van der Waals surface area contributed by atoms with E-state index < -0.39 is 18.0 Å². The van der Waals surface area contributed by atoms with Crippen LogP contribution in [0.4, 0.5) is 0 Å². The molecule has 0 heterocycles. The van der Waals surface area contributed by atoms with Gasteiger partial charge in [0.1, 0.15) is 23.9 Å². The topological polar surface area (TPSA) is 86.2 Å². The van der Waals surface area contributed by atoms with E-state index in [1.54, 1.807) is 73.7 Å². The van der Waals surface area contributed by atoms with Crippen LogP contribution in [0.3, 0.4) is 0 Å². The maximum absolute atomic E-state index is 12.5. The summed E-state index contributed by atoms with van der Waals surface area (Å²) in [5, 5.41) is 4.53. The molecule has 0 saturated carbocycles. The van der Waals surface area contributed by atoms with E-state index in [0.717, 1.165) is 10.0 Å². The first-order valence-corrected chi connectivity index (χ1v) is 13.1. The first-order chi connectivity index (χ1) is 18.9. The molecule has 4 aromatic carbocycles. The van der Waals surface area contributed by atoms with E-state index in [9.17, 15) is 9.59 Å². The molecule has 4 rings (SSSR count). The van der Waals surface area contributed by atoms with Crippen LogP contribution in [-0.2, 0) is 11.4 Å². The fraction of sp³-hybridized carbons (Fsp3) is 0.100. The van der Waals surface area contributed by atoms with Gasteiger partial charge in [0.15, 0.2) is 6.10 Å². The number of benzene rings is 4. The molecule has 0 saturated heterocycles. The zero-order valence-electron chi connectivity index (χ0n) is 20.8.